The second-order valence-electron chi connectivity index (χ2n) is 4.38. The molecule has 0 aliphatic carbocycles. The van der Waals surface area contributed by atoms with Crippen molar-refractivity contribution in [1.82, 2.24) is 5.43 Å². The van der Waals surface area contributed by atoms with Gasteiger partial charge in [-0.1, -0.05) is 17.7 Å². The predicted octanol–water partition coefficient (Wildman–Crippen LogP) is 2.93. The van der Waals surface area contributed by atoms with E-state index in [4.69, 9.17) is 4.42 Å². The van der Waals surface area contributed by atoms with E-state index in [9.17, 15) is 14.9 Å². The molecule has 0 aliphatic rings. The Labute approximate surface area is 126 Å². The van der Waals surface area contributed by atoms with Gasteiger partial charge in [0.2, 0.25) is 0 Å². The van der Waals surface area contributed by atoms with Crippen LogP contribution in [0.25, 0.3) is 6.08 Å². The van der Waals surface area contributed by atoms with Gasteiger partial charge in [-0.3, -0.25) is 14.9 Å². The highest BCUT2D eigenvalue weighted by Gasteiger charge is 2.09. The Morgan fingerprint density at radius 1 is 1.27 bits per heavy atom. The number of carbonyl (C=O) groups excluding carboxylic acids is 1. The van der Waals surface area contributed by atoms with E-state index in [1.807, 2.05) is 19.1 Å². The van der Waals surface area contributed by atoms with Crippen LogP contribution in [0.5, 0.6) is 0 Å². The van der Waals surface area contributed by atoms with Crippen molar-refractivity contribution in [2.24, 2.45) is 5.10 Å². The van der Waals surface area contributed by atoms with Crippen LogP contribution in [0.2, 0.25) is 0 Å². The first-order valence-electron chi connectivity index (χ1n) is 6.37. The summed E-state index contributed by atoms with van der Waals surface area (Å²) in [5.74, 6) is -0.328. The van der Waals surface area contributed by atoms with Gasteiger partial charge < -0.3 is 4.42 Å². The maximum Gasteiger partial charge on any atom is 0.433 e. The number of nitrogens with one attached hydrogen (secondary N) is 1. The molecule has 0 saturated carbocycles. The summed E-state index contributed by atoms with van der Waals surface area (Å²) in [7, 11) is 0. The van der Waals surface area contributed by atoms with Crippen LogP contribution in [0.15, 0.2) is 52.0 Å². The molecule has 7 heteroatoms. The molecule has 0 spiro atoms. The SMILES string of the molecule is Cc1ccc(C(=O)NN=CC=Cc2ccc([N+](=O)[O-])o2)cc1. The number of allylic oxidation sites excluding steroid dienone is 1. The molecule has 1 heterocycles. The van der Waals surface area contributed by atoms with Gasteiger partial charge in [-0.25, -0.2) is 5.43 Å². The average Bonchev–Trinajstić information content (AvgIpc) is 2.96. The maximum atomic E-state index is 11.7. The van der Waals surface area contributed by atoms with Gasteiger partial charge in [0.25, 0.3) is 5.91 Å². The van der Waals surface area contributed by atoms with Crippen LogP contribution in [0, 0.1) is 17.0 Å². The predicted molar refractivity (Wildman–Crippen MR) is 81.5 cm³/mol. The smallest absolute Gasteiger partial charge is 0.401 e. The lowest BCUT2D eigenvalue weighted by atomic mass is 10.1. The standard InChI is InChI=1S/C15H13N3O4/c1-11-4-6-12(7-5-11)15(19)17-16-10-2-3-13-8-9-14(22-13)18(20)21/h2-10H,1H3,(H,17,19). The van der Waals surface area contributed by atoms with Crippen molar-refractivity contribution in [3.63, 3.8) is 0 Å². The molecule has 1 amide bonds. The number of rotatable bonds is 5. The number of furan rings is 1. The van der Waals surface area contributed by atoms with E-state index < -0.39 is 4.92 Å². The van der Waals surface area contributed by atoms with E-state index in [-0.39, 0.29) is 11.8 Å². The molecule has 112 valence electrons. The van der Waals surface area contributed by atoms with Crippen molar-refractivity contribution in [3.8, 4) is 0 Å². The van der Waals surface area contributed by atoms with E-state index in [1.54, 1.807) is 12.1 Å². The zero-order chi connectivity index (χ0) is 15.9. The molecule has 0 fully saturated rings. The molecule has 2 rings (SSSR count). The van der Waals surface area contributed by atoms with Crippen LogP contribution in [-0.2, 0) is 0 Å². The van der Waals surface area contributed by atoms with Crippen LogP contribution < -0.4 is 5.43 Å². The Morgan fingerprint density at radius 2 is 2.00 bits per heavy atom. The minimum atomic E-state index is -0.618. The molecule has 1 aromatic carbocycles. The quantitative estimate of drug-likeness (QED) is 0.521. The fourth-order valence-corrected chi connectivity index (χ4v) is 1.58. The third-order valence-electron chi connectivity index (χ3n) is 2.69. The Hall–Kier alpha value is -3.22. The number of benzene rings is 1. The number of nitrogens with zero attached hydrogens (tertiary/aromatic N) is 2. The Kier molecular flexibility index (Phi) is 4.81. The summed E-state index contributed by atoms with van der Waals surface area (Å²) in [6.07, 6.45) is 4.34. The van der Waals surface area contributed by atoms with Crippen molar-refractivity contribution in [3.05, 3.63) is 69.5 Å². The topological polar surface area (TPSA) is 97.7 Å². The first kappa shape index (κ1) is 15.2. The summed E-state index contributed by atoms with van der Waals surface area (Å²) in [6.45, 7) is 1.93. The summed E-state index contributed by atoms with van der Waals surface area (Å²) in [5, 5.41) is 14.2. The van der Waals surface area contributed by atoms with E-state index in [1.165, 1.54) is 30.5 Å². The van der Waals surface area contributed by atoms with E-state index in [0.717, 1.165) is 5.56 Å². The average molecular weight is 299 g/mol. The molecule has 0 aliphatic heterocycles. The largest absolute Gasteiger partial charge is 0.433 e. The van der Waals surface area contributed by atoms with Gasteiger partial charge >= 0.3 is 5.88 Å². The lowest BCUT2D eigenvalue weighted by Gasteiger charge is -1.99. The monoisotopic (exact) mass is 299 g/mol. The summed E-state index contributed by atoms with van der Waals surface area (Å²) in [5.41, 5.74) is 3.94. The van der Waals surface area contributed by atoms with E-state index >= 15 is 0 Å². The van der Waals surface area contributed by atoms with Crippen molar-refractivity contribution in [2.75, 3.05) is 0 Å². The van der Waals surface area contributed by atoms with E-state index in [2.05, 4.69) is 10.5 Å². The zero-order valence-electron chi connectivity index (χ0n) is 11.7. The molecule has 0 unspecified atom stereocenters. The third-order valence-corrected chi connectivity index (χ3v) is 2.69. The Balaban J connectivity index is 1.86. The first-order chi connectivity index (χ1) is 10.6. The van der Waals surface area contributed by atoms with Crippen LogP contribution in [-0.4, -0.2) is 17.0 Å². The molecule has 0 atom stereocenters. The Morgan fingerprint density at radius 3 is 2.64 bits per heavy atom. The van der Waals surface area contributed by atoms with Gasteiger partial charge in [-0.05, 0) is 37.3 Å². The lowest BCUT2D eigenvalue weighted by molar-refractivity contribution is -0.402. The van der Waals surface area contributed by atoms with Crippen molar-refractivity contribution in [1.29, 1.82) is 0 Å². The fourth-order valence-electron chi connectivity index (χ4n) is 1.58. The summed E-state index contributed by atoms with van der Waals surface area (Å²) in [6, 6.07) is 9.81. The van der Waals surface area contributed by atoms with Gasteiger partial charge in [0, 0.05) is 11.8 Å². The highest BCUT2D eigenvalue weighted by Crippen LogP contribution is 2.16. The summed E-state index contributed by atoms with van der Waals surface area (Å²) >= 11 is 0. The fraction of sp³-hybridized carbons (Fsp3) is 0.0667. The summed E-state index contributed by atoms with van der Waals surface area (Å²) in [4.78, 5) is 21.5. The summed E-state index contributed by atoms with van der Waals surface area (Å²) < 4.78 is 4.92. The van der Waals surface area contributed by atoms with Gasteiger partial charge in [-0.2, -0.15) is 5.10 Å². The Bertz CT molecular complexity index is 730. The highest BCUT2D eigenvalue weighted by atomic mass is 16.6. The first-order valence-corrected chi connectivity index (χ1v) is 6.37. The number of hydrogen-bond donors (Lipinski definition) is 1. The molecule has 1 N–H and O–H groups in total. The maximum absolute atomic E-state index is 11.7. The minimum Gasteiger partial charge on any atom is -0.401 e. The van der Waals surface area contributed by atoms with Crippen LogP contribution in [0.3, 0.4) is 0 Å². The van der Waals surface area contributed by atoms with Crippen molar-refractivity contribution in [2.45, 2.75) is 6.92 Å². The second kappa shape index (κ2) is 6.98. The van der Waals surface area contributed by atoms with Crippen LogP contribution >= 0.6 is 0 Å². The molecule has 22 heavy (non-hydrogen) atoms. The number of hydrogen-bond acceptors (Lipinski definition) is 5. The third kappa shape index (κ3) is 4.14. The molecular formula is C15H13N3O4. The molecule has 7 nitrogen and oxygen atoms in total. The number of hydrazone groups is 1. The van der Waals surface area contributed by atoms with Crippen molar-refractivity contribution >= 4 is 24.1 Å². The molecule has 0 bridgehead atoms. The van der Waals surface area contributed by atoms with E-state index in [0.29, 0.717) is 11.3 Å². The van der Waals surface area contributed by atoms with Gasteiger partial charge in [0.15, 0.2) is 0 Å². The second-order valence-corrected chi connectivity index (χ2v) is 4.38. The highest BCUT2D eigenvalue weighted by molar-refractivity contribution is 5.94. The van der Waals surface area contributed by atoms with Gasteiger partial charge in [0.1, 0.15) is 10.7 Å². The number of aryl methyl sites for hydroxylation is 1. The lowest BCUT2D eigenvalue weighted by Crippen LogP contribution is -2.17. The molecule has 1 aromatic heterocycles. The molecular weight excluding hydrogens is 286 g/mol. The molecule has 0 saturated heterocycles. The van der Waals surface area contributed by atoms with Gasteiger partial charge in [-0.15, -0.1) is 0 Å². The number of amides is 1. The van der Waals surface area contributed by atoms with Crippen LogP contribution in [0.4, 0.5) is 5.88 Å². The normalized spacial score (nSPS) is 11.1. The minimum absolute atomic E-state index is 0.321. The zero-order valence-corrected chi connectivity index (χ0v) is 11.7. The molecule has 2 aromatic rings. The number of carbonyl (C=O) groups is 1. The van der Waals surface area contributed by atoms with Crippen molar-refractivity contribution < 1.29 is 14.1 Å². The molecule has 0 radical (unpaired) electrons. The van der Waals surface area contributed by atoms with Crippen LogP contribution in [0.1, 0.15) is 21.7 Å². The number of nitro groups is 1. The van der Waals surface area contributed by atoms with Gasteiger partial charge in [0.05, 0.1) is 6.07 Å².